The third-order valence-electron chi connectivity index (χ3n) is 7.05. The molecule has 0 radical (unpaired) electrons. The van der Waals surface area contributed by atoms with Crippen molar-refractivity contribution < 1.29 is 18.0 Å². The maximum Gasteiger partial charge on any atom is 0.264 e. The summed E-state index contributed by atoms with van der Waals surface area (Å²) in [5, 5.41) is 3.09. The lowest BCUT2D eigenvalue weighted by Crippen LogP contribution is -2.52. The lowest BCUT2D eigenvalue weighted by Gasteiger charge is -2.32. The van der Waals surface area contributed by atoms with Crippen molar-refractivity contribution in [3.05, 3.63) is 94.5 Å². The van der Waals surface area contributed by atoms with Crippen molar-refractivity contribution in [2.45, 2.75) is 63.1 Å². The average Bonchev–Trinajstić information content (AvgIpc) is 3.44. The van der Waals surface area contributed by atoms with Gasteiger partial charge in [-0.1, -0.05) is 82.9 Å². The molecule has 3 aromatic rings. The summed E-state index contributed by atoms with van der Waals surface area (Å²) in [5.41, 5.74) is 2.28. The molecule has 206 valence electrons. The molecule has 2 amide bonds. The highest BCUT2D eigenvalue weighted by Crippen LogP contribution is 2.27. The van der Waals surface area contributed by atoms with Gasteiger partial charge in [0.25, 0.3) is 10.0 Å². The second-order valence-corrected chi connectivity index (χ2v) is 12.8. The molecule has 1 saturated carbocycles. The number of amides is 2. The van der Waals surface area contributed by atoms with E-state index in [-0.39, 0.29) is 23.4 Å². The van der Waals surface area contributed by atoms with Crippen LogP contribution >= 0.6 is 15.9 Å². The summed E-state index contributed by atoms with van der Waals surface area (Å²) < 4.78 is 29.4. The first-order chi connectivity index (χ1) is 18.6. The van der Waals surface area contributed by atoms with E-state index in [0.717, 1.165) is 41.1 Å². The van der Waals surface area contributed by atoms with Crippen LogP contribution in [0, 0.1) is 6.92 Å². The molecule has 1 unspecified atom stereocenters. The molecule has 39 heavy (non-hydrogen) atoms. The predicted octanol–water partition coefficient (Wildman–Crippen LogP) is 5.43. The van der Waals surface area contributed by atoms with Gasteiger partial charge >= 0.3 is 0 Å². The van der Waals surface area contributed by atoms with E-state index < -0.39 is 28.5 Å². The molecule has 0 aliphatic heterocycles. The van der Waals surface area contributed by atoms with Crippen LogP contribution in [-0.2, 0) is 26.2 Å². The van der Waals surface area contributed by atoms with E-state index in [1.54, 1.807) is 49.4 Å². The lowest BCUT2D eigenvalue weighted by molar-refractivity contribution is -0.139. The van der Waals surface area contributed by atoms with Crippen molar-refractivity contribution in [2.24, 2.45) is 0 Å². The first kappa shape index (κ1) is 28.8. The summed E-state index contributed by atoms with van der Waals surface area (Å²) in [6, 6.07) is 21.9. The van der Waals surface area contributed by atoms with Gasteiger partial charge in [0.15, 0.2) is 0 Å². The summed E-state index contributed by atoms with van der Waals surface area (Å²) in [4.78, 5) is 28.8. The standard InChI is InChI=1S/C30H34BrN3O4S/c1-22-15-17-24(18-16-22)20-33(23(2)30(36)32-26-10-6-7-11-26)29(35)21-34(27-12-8-9-25(31)19-27)39(37,38)28-13-4-3-5-14-28/h3-5,8-9,12-19,23,26H,6-7,10-11,20-21H2,1-2H3,(H,32,36). The number of anilines is 1. The van der Waals surface area contributed by atoms with Gasteiger partial charge in [0, 0.05) is 17.1 Å². The number of rotatable bonds is 10. The topological polar surface area (TPSA) is 86.8 Å². The zero-order valence-electron chi connectivity index (χ0n) is 22.2. The fraction of sp³-hybridized carbons (Fsp3) is 0.333. The number of carbonyl (C=O) groups is 2. The molecule has 1 N–H and O–H groups in total. The van der Waals surface area contributed by atoms with Crippen LogP contribution < -0.4 is 9.62 Å². The van der Waals surface area contributed by atoms with Crippen molar-refractivity contribution in [1.29, 1.82) is 0 Å². The Morgan fingerprint density at radius 2 is 1.64 bits per heavy atom. The molecular weight excluding hydrogens is 578 g/mol. The first-order valence-electron chi connectivity index (χ1n) is 13.1. The fourth-order valence-electron chi connectivity index (χ4n) is 4.74. The van der Waals surface area contributed by atoms with Crippen LogP contribution in [0.1, 0.15) is 43.7 Å². The van der Waals surface area contributed by atoms with E-state index in [9.17, 15) is 18.0 Å². The number of benzene rings is 3. The largest absolute Gasteiger partial charge is 0.352 e. The van der Waals surface area contributed by atoms with Crippen LogP contribution in [0.25, 0.3) is 0 Å². The molecule has 0 spiro atoms. The van der Waals surface area contributed by atoms with E-state index >= 15 is 0 Å². The van der Waals surface area contributed by atoms with Gasteiger partial charge in [-0.3, -0.25) is 13.9 Å². The second-order valence-electron chi connectivity index (χ2n) is 9.98. The summed E-state index contributed by atoms with van der Waals surface area (Å²) in [6.07, 6.45) is 4.00. The highest BCUT2D eigenvalue weighted by atomic mass is 79.9. The Labute approximate surface area is 239 Å². The monoisotopic (exact) mass is 611 g/mol. The van der Waals surface area contributed by atoms with Crippen LogP contribution in [0.5, 0.6) is 0 Å². The fourth-order valence-corrected chi connectivity index (χ4v) is 6.56. The highest BCUT2D eigenvalue weighted by molar-refractivity contribution is 9.10. The third kappa shape index (κ3) is 7.28. The number of nitrogens with zero attached hydrogens (tertiary/aromatic N) is 2. The van der Waals surface area contributed by atoms with Crippen LogP contribution in [-0.4, -0.2) is 43.8 Å². The van der Waals surface area contributed by atoms with Gasteiger partial charge in [0.05, 0.1) is 10.6 Å². The molecule has 0 saturated heterocycles. The van der Waals surface area contributed by atoms with E-state index in [2.05, 4.69) is 21.2 Å². The first-order valence-corrected chi connectivity index (χ1v) is 15.4. The highest BCUT2D eigenvalue weighted by Gasteiger charge is 2.33. The SMILES string of the molecule is Cc1ccc(CN(C(=O)CN(c2cccc(Br)c2)S(=O)(=O)c2ccccc2)C(C)C(=O)NC2CCCC2)cc1. The number of halogens is 1. The van der Waals surface area contributed by atoms with E-state index in [0.29, 0.717) is 10.2 Å². The molecular formula is C30H34BrN3O4S. The minimum Gasteiger partial charge on any atom is -0.352 e. The third-order valence-corrected chi connectivity index (χ3v) is 9.33. The smallest absolute Gasteiger partial charge is 0.264 e. The van der Waals surface area contributed by atoms with Gasteiger partial charge in [-0.15, -0.1) is 0 Å². The summed E-state index contributed by atoms with van der Waals surface area (Å²) in [7, 11) is -4.08. The van der Waals surface area contributed by atoms with E-state index in [1.807, 2.05) is 31.2 Å². The maximum absolute atomic E-state index is 14.0. The lowest BCUT2D eigenvalue weighted by atomic mass is 10.1. The number of sulfonamides is 1. The van der Waals surface area contributed by atoms with Gasteiger partial charge in [-0.05, 0) is 62.6 Å². The molecule has 4 rings (SSSR count). The molecule has 0 aromatic heterocycles. The maximum atomic E-state index is 14.0. The average molecular weight is 613 g/mol. The molecule has 0 bridgehead atoms. The Morgan fingerprint density at radius 3 is 2.28 bits per heavy atom. The minimum absolute atomic E-state index is 0.0786. The molecule has 1 aliphatic rings. The van der Waals surface area contributed by atoms with Crippen LogP contribution in [0.4, 0.5) is 5.69 Å². The van der Waals surface area contributed by atoms with Crippen molar-refractivity contribution >= 4 is 43.5 Å². The predicted molar refractivity (Wildman–Crippen MR) is 157 cm³/mol. The molecule has 9 heteroatoms. The summed E-state index contributed by atoms with van der Waals surface area (Å²) in [6.45, 7) is 3.40. The Bertz CT molecular complexity index is 1390. The summed E-state index contributed by atoms with van der Waals surface area (Å²) >= 11 is 3.41. The molecule has 1 aliphatic carbocycles. The van der Waals surface area contributed by atoms with E-state index in [1.165, 1.54) is 17.0 Å². The minimum atomic E-state index is -4.08. The van der Waals surface area contributed by atoms with Gasteiger partial charge in [-0.2, -0.15) is 0 Å². The number of nitrogens with one attached hydrogen (secondary N) is 1. The van der Waals surface area contributed by atoms with Crippen molar-refractivity contribution in [3.63, 3.8) is 0 Å². The van der Waals surface area contributed by atoms with Crippen molar-refractivity contribution in [1.82, 2.24) is 10.2 Å². The summed E-state index contributed by atoms with van der Waals surface area (Å²) in [5.74, 6) is -0.702. The molecule has 1 fully saturated rings. The Balaban J connectivity index is 1.67. The molecule has 7 nitrogen and oxygen atoms in total. The quantitative estimate of drug-likeness (QED) is 0.331. The molecule has 3 aromatic carbocycles. The van der Waals surface area contributed by atoms with Crippen LogP contribution in [0.2, 0.25) is 0 Å². The number of hydrogen-bond donors (Lipinski definition) is 1. The number of aryl methyl sites for hydroxylation is 1. The Hall–Kier alpha value is -3.17. The van der Waals surface area contributed by atoms with Gasteiger partial charge in [-0.25, -0.2) is 8.42 Å². The Morgan fingerprint density at radius 1 is 0.974 bits per heavy atom. The Kier molecular flexibility index (Phi) is 9.45. The zero-order chi connectivity index (χ0) is 28.0. The van der Waals surface area contributed by atoms with Crippen LogP contribution in [0.15, 0.2) is 88.2 Å². The van der Waals surface area contributed by atoms with E-state index in [4.69, 9.17) is 0 Å². The van der Waals surface area contributed by atoms with Crippen molar-refractivity contribution in [3.8, 4) is 0 Å². The normalized spacial score (nSPS) is 14.5. The number of hydrogen-bond acceptors (Lipinski definition) is 4. The number of carbonyl (C=O) groups excluding carboxylic acids is 2. The molecule has 0 heterocycles. The second kappa shape index (κ2) is 12.8. The van der Waals surface area contributed by atoms with Crippen LogP contribution in [0.3, 0.4) is 0 Å². The van der Waals surface area contributed by atoms with Gasteiger partial charge < -0.3 is 10.2 Å². The molecule has 1 atom stereocenters. The van der Waals surface area contributed by atoms with Crippen molar-refractivity contribution in [2.75, 3.05) is 10.8 Å². The van der Waals surface area contributed by atoms with Gasteiger partial charge in [0.2, 0.25) is 11.8 Å². The van der Waals surface area contributed by atoms with Gasteiger partial charge in [0.1, 0.15) is 12.6 Å². The zero-order valence-corrected chi connectivity index (χ0v) is 24.6.